The molecule has 0 aromatic carbocycles. The van der Waals surface area contributed by atoms with Crippen molar-refractivity contribution < 1.29 is 38.2 Å². The number of unbranched alkanes of at least 4 members (excludes halogenated alkanes) is 21. The molecule has 310 valence electrons. The lowest BCUT2D eigenvalue weighted by atomic mass is 10.1. The molecule has 0 aliphatic carbocycles. The van der Waals surface area contributed by atoms with Gasteiger partial charge in [0.2, 0.25) is 0 Å². The van der Waals surface area contributed by atoms with Gasteiger partial charge in [0.05, 0.1) is 34.4 Å². The second-order valence-corrected chi connectivity index (χ2v) is 15.9. The Labute approximate surface area is 326 Å². The summed E-state index contributed by atoms with van der Waals surface area (Å²) in [6, 6.07) is -0.613. The Morgan fingerprint density at radius 1 is 0.547 bits per heavy atom. The summed E-state index contributed by atoms with van der Waals surface area (Å²) >= 11 is 0. The fourth-order valence-electron chi connectivity index (χ4n) is 6.36. The molecule has 0 heterocycles. The third-order valence-electron chi connectivity index (χ3n) is 9.82. The van der Waals surface area contributed by atoms with E-state index in [9.17, 15) is 19.5 Å². The van der Waals surface area contributed by atoms with Crippen LogP contribution in [0.15, 0.2) is 24.3 Å². The molecule has 0 saturated heterocycles. The highest BCUT2D eigenvalue weighted by molar-refractivity contribution is 5.72. The molecule has 0 radical (unpaired) electrons. The fraction of sp³-hybridized carbons (Fsp3) is 0.844. The summed E-state index contributed by atoms with van der Waals surface area (Å²) in [5.41, 5.74) is 0. The van der Waals surface area contributed by atoms with E-state index in [0.29, 0.717) is 19.3 Å². The van der Waals surface area contributed by atoms with Crippen molar-refractivity contribution in [3.8, 4) is 0 Å². The largest absolute Gasteiger partial charge is 0.477 e. The smallest absolute Gasteiger partial charge is 0.362 e. The van der Waals surface area contributed by atoms with Crippen LogP contribution in [0, 0.1) is 0 Å². The normalized spacial score (nSPS) is 13.2. The number of carboxylic acid groups (broad SMARTS) is 1. The topological polar surface area (TPSA) is 99.1 Å². The van der Waals surface area contributed by atoms with E-state index in [1.807, 2.05) is 21.1 Å². The van der Waals surface area contributed by atoms with Gasteiger partial charge < -0.3 is 23.8 Å². The first kappa shape index (κ1) is 50.8. The molecule has 0 aromatic rings. The summed E-state index contributed by atoms with van der Waals surface area (Å²) < 4.78 is 17.2. The van der Waals surface area contributed by atoms with Crippen LogP contribution in [-0.2, 0) is 28.6 Å². The van der Waals surface area contributed by atoms with Crippen LogP contribution < -0.4 is 0 Å². The number of nitrogens with zero attached hydrogens (tertiary/aromatic N) is 1. The van der Waals surface area contributed by atoms with E-state index in [1.165, 1.54) is 109 Å². The number of rotatable bonds is 39. The van der Waals surface area contributed by atoms with E-state index in [1.54, 1.807) is 0 Å². The van der Waals surface area contributed by atoms with Crippen LogP contribution in [0.2, 0.25) is 0 Å². The molecule has 0 aromatic heterocycles. The van der Waals surface area contributed by atoms with Gasteiger partial charge in [0.15, 0.2) is 12.1 Å². The highest BCUT2D eigenvalue weighted by Gasteiger charge is 2.31. The van der Waals surface area contributed by atoms with Crippen LogP contribution in [0.4, 0.5) is 0 Å². The number of allylic oxidation sites excluding steroid dienone is 4. The zero-order chi connectivity index (χ0) is 39.3. The predicted molar refractivity (Wildman–Crippen MR) is 220 cm³/mol. The lowest BCUT2D eigenvalue weighted by Gasteiger charge is -2.31. The number of hydrogen-bond donors (Lipinski definition) is 1. The molecule has 2 atom stereocenters. The minimum Gasteiger partial charge on any atom is -0.477 e. The quantitative estimate of drug-likeness (QED) is 0.0289. The molecule has 0 fully saturated rings. The van der Waals surface area contributed by atoms with Crippen LogP contribution in [0.3, 0.4) is 0 Å². The summed E-state index contributed by atoms with van der Waals surface area (Å²) in [5, 5.41) is 9.60. The minimum absolute atomic E-state index is 0.0546. The van der Waals surface area contributed by atoms with Crippen LogP contribution in [0.5, 0.6) is 0 Å². The van der Waals surface area contributed by atoms with Gasteiger partial charge in [-0.15, -0.1) is 0 Å². The first-order chi connectivity index (χ1) is 25.6. The van der Waals surface area contributed by atoms with Gasteiger partial charge in [0, 0.05) is 19.3 Å². The summed E-state index contributed by atoms with van der Waals surface area (Å²) in [7, 11) is 5.52. The van der Waals surface area contributed by atoms with Crippen LogP contribution >= 0.6 is 0 Å². The van der Waals surface area contributed by atoms with Gasteiger partial charge in [0.1, 0.15) is 6.61 Å². The van der Waals surface area contributed by atoms with Gasteiger partial charge in [-0.25, -0.2) is 4.79 Å². The SMILES string of the molecule is CCCC/C=C\CCCCCCCC(=O)OCC(COCCC(C(=O)O)[N+](C)(C)C)OC(=O)CCCCCCCCC/C=C\CCCCCCCCC. The van der Waals surface area contributed by atoms with Gasteiger partial charge in [0.25, 0.3) is 0 Å². The lowest BCUT2D eigenvalue weighted by Crippen LogP contribution is -2.50. The second kappa shape index (κ2) is 36.8. The Morgan fingerprint density at radius 3 is 1.42 bits per heavy atom. The van der Waals surface area contributed by atoms with E-state index in [0.717, 1.165) is 51.4 Å². The molecule has 0 aliphatic heterocycles. The molecule has 8 nitrogen and oxygen atoms in total. The highest BCUT2D eigenvalue weighted by Crippen LogP contribution is 2.14. The molecule has 0 saturated carbocycles. The maximum Gasteiger partial charge on any atom is 0.362 e. The average molecular weight is 751 g/mol. The average Bonchev–Trinajstić information content (AvgIpc) is 3.11. The highest BCUT2D eigenvalue weighted by atomic mass is 16.6. The zero-order valence-electron chi connectivity index (χ0n) is 35.2. The Morgan fingerprint density at radius 2 is 0.962 bits per heavy atom. The summed E-state index contributed by atoms with van der Waals surface area (Å²) in [6.07, 6.45) is 39.3. The number of ether oxygens (including phenoxy) is 3. The minimum atomic E-state index is -0.876. The third kappa shape index (κ3) is 35.3. The molecular weight excluding hydrogens is 666 g/mol. The van der Waals surface area contributed by atoms with Crippen LogP contribution in [-0.4, -0.2) is 80.6 Å². The van der Waals surface area contributed by atoms with E-state index >= 15 is 0 Å². The van der Waals surface area contributed by atoms with Gasteiger partial charge >= 0.3 is 17.9 Å². The van der Waals surface area contributed by atoms with E-state index in [-0.39, 0.29) is 36.2 Å². The molecule has 0 rings (SSSR count). The summed E-state index contributed by atoms with van der Waals surface area (Å²) in [6.45, 7) is 4.69. The molecule has 0 spiro atoms. The maximum atomic E-state index is 12.7. The standard InChI is InChI=1S/C45H83NO7/c1-6-8-10-12-14-16-18-19-20-21-22-23-24-26-28-30-32-34-36-44(48)53-41(39-51-38-37-42(45(49)50)46(3,4)5)40-52-43(47)35-33-31-29-27-25-17-15-13-11-9-7-2/h13,15,20-21,41-42H,6-12,14,16-19,22-40H2,1-5H3/p+1/b15-13-,21-20-. The number of esters is 2. The number of quaternary nitrogens is 1. The lowest BCUT2D eigenvalue weighted by molar-refractivity contribution is -0.887. The van der Waals surface area contributed by atoms with Gasteiger partial charge in [-0.2, -0.15) is 0 Å². The first-order valence-corrected chi connectivity index (χ1v) is 21.9. The Kier molecular flexibility index (Phi) is 35.2. The number of hydrogen-bond acceptors (Lipinski definition) is 6. The van der Waals surface area contributed by atoms with Crippen molar-refractivity contribution >= 4 is 17.9 Å². The van der Waals surface area contributed by atoms with Crippen molar-refractivity contribution in [2.24, 2.45) is 0 Å². The zero-order valence-corrected chi connectivity index (χ0v) is 35.2. The monoisotopic (exact) mass is 751 g/mol. The number of carbonyl (C=O) groups is 3. The van der Waals surface area contributed by atoms with Crippen LogP contribution in [0.25, 0.3) is 0 Å². The Hall–Kier alpha value is -2.19. The molecule has 8 heteroatoms. The number of carboxylic acids is 1. The van der Waals surface area contributed by atoms with Crippen molar-refractivity contribution in [2.45, 2.75) is 206 Å². The van der Waals surface area contributed by atoms with E-state index in [2.05, 4.69) is 38.2 Å². The maximum absolute atomic E-state index is 12.7. The molecule has 2 unspecified atom stereocenters. The van der Waals surface area contributed by atoms with Gasteiger partial charge in [-0.1, -0.05) is 141 Å². The van der Waals surface area contributed by atoms with Crippen molar-refractivity contribution in [3.63, 3.8) is 0 Å². The summed E-state index contributed by atoms with van der Waals surface area (Å²) in [5.74, 6) is -1.48. The number of carbonyl (C=O) groups excluding carboxylic acids is 2. The number of likely N-dealkylation sites (N-methyl/N-ethyl adjacent to an activating group) is 1. The van der Waals surface area contributed by atoms with Crippen molar-refractivity contribution in [1.29, 1.82) is 0 Å². The first-order valence-electron chi connectivity index (χ1n) is 21.9. The molecule has 0 amide bonds. The van der Waals surface area contributed by atoms with E-state index < -0.39 is 18.1 Å². The molecular formula is C45H84NO7+. The number of aliphatic carboxylic acids is 1. The third-order valence-corrected chi connectivity index (χ3v) is 9.82. The molecule has 0 aliphatic rings. The molecule has 53 heavy (non-hydrogen) atoms. The Bertz CT molecular complexity index is 926. The van der Waals surface area contributed by atoms with Crippen molar-refractivity contribution in [1.82, 2.24) is 0 Å². The fourth-order valence-corrected chi connectivity index (χ4v) is 6.36. The van der Waals surface area contributed by atoms with Gasteiger partial charge in [-0.3, -0.25) is 9.59 Å². The molecule has 0 bridgehead atoms. The molecule has 1 N–H and O–H groups in total. The van der Waals surface area contributed by atoms with Crippen LogP contribution in [0.1, 0.15) is 194 Å². The van der Waals surface area contributed by atoms with Gasteiger partial charge in [-0.05, 0) is 57.8 Å². The predicted octanol–water partition coefficient (Wildman–Crippen LogP) is 11.7. The second-order valence-electron chi connectivity index (χ2n) is 15.9. The Balaban J connectivity index is 4.32. The van der Waals surface area contributed by atoms with E-state index in [4.69, 9.17) is 14.2 Å². The van der Waals surface area contributed by atoms with Crippen molar-refractivity contribution in [3.05, 3.63) is 24.3 Å². The summed E-state index contributed by atoms with van der Waals surface area (Å²) in [4.78, 5) is 36.9. The van der Waals surface area contributed by atoms with Crippen molar-refractivity contribution in [2.75, 3.05) is 41.0 Å².